The quantitative estimate of drug-likeness (QED) is 0.689. The van der Waals surface area contributed by atoms with E-state index in [0.29, 0.717) is 48.9 Å². The molecule has 1 aliphatic rings. The van der Waals surface area contributed by atoms with E-state index in [4.69, 9.17) is 21.2 Å². The first-order valence-electron chi connectivity index (χ1n) is 9.41. The second kappa shape index (κ2) is 9.11. The maximum atomic E-state index is 13.0. The highest BCUT2D eigenvalue weighted by molar-refractivity contribution is 5.97. The third kappa shape index (κ3) is 4.85. The molecule has 0 saturated heterocycles. The highest BCUT2D eigenvalue weighted by Crippen LogP contribution is 2.38. The fraction of sp³-hybridized carbons (Fsp3) is 0.318. The number of nitrogens with zero attached hydrogens (tertiary/aromatic N) is 1. The molecule has 2 aromatic carbocycles. The van der Waals surface area contributed by atoms with Crippen molar-refractivity contribution in [1.82, 2.24) is 0 Å². The number of benzene rings is 2. The zero-order chi connectivity index (χ0) is 20.8. The van der Waals surface area contributed by atoms with Crippen LogP contribution in [0.5, 0.6) is 11.5 Å². The fourth-order valence-electron chi connectivity index (χ4n) is 3.22. The first-order valence-corrected chi connectivity index (χ1v) is 9.41. The molecule has 0 bridgehead atoms. The fourth-order valence-corrected chi connectivity index (χ4v) is 3.22. The molecule has 0 radical (unpaired) electrons. The predicted octanol–water partition coefficient (Wildman–Crippen LogP) is 4.16. The average Bonchev–Trinajstić information content (AvgIpc) is 2.73. The SMILES string of the molecule is [C-]#[N+]c1ccc(CCCC(=O)O)c(NC(=O)C(C)c2cccc3c2OCCO3)c1. The number of rotatable bonds is 7. The number of fused-ring (bicyclic) bond motifs is 1. The van der Waals surface area contributed by atoms with E-state index in [9.17, 15) is 9.59 Å². The van der Waals surface area contributed by atoms with Crippen LogP contribution in [0.2, 0.25) is 0 Å². The van der Waals surface area contributed by atoms with Gasteiger partial charge in [-0.1, -0.05) is 24.3 Å². The number of hydrogen-bond acceptors (Lipinski definition) is 4. The normalized spacial score (nSPS) is 13.2. The van der Waals surface area contributed by atoms with Crippen LogP contribution < -0.4 is 14.8 Å². The van der Waals surface area contributed by atoms with Crippen molar-refractivity contribution in [3.8, 4) is 11.5 Å². The zero-order valence-corrected chi connectivity index (χ0v) is 16.1. The molecule has 150 valence electrons. The van der Waals surface area contributed by atoms with E-state index in [1.54, 1.807) is 25.1 Å². The van der Waals surface area contributed by atoms with Gasteiger partial charge in [-0.15, -0.1) is 0 Å². The predicted molar refractivity (Wildman–Crippen MR) is 108 cm³/mol. The lowest BCUT2D eigenvalue weighted by Gasteiger charge is -2.23. The lowest BCUT2D eigenvalue weighted by Crippen LogP contribution is -2.22. The molecule has 2 aromatic rings. The van der Waals surface area contributed by atoms with E-state index in [1.807, 2.05) is 18.2 Å². The number of carboxylic acids is 1. The van der Waals surface area contributed by atoms with Gasteiger partial charge in [-0.2, -0.15) is 0 Å². The third-order valence-electron chi connectivity index (χ3n) is 4.77. The van der Waals surface area contributed by atoms with Crippen molar-refractivity contribution in [1.29, 1.82) is 0 Å². The summed E-state index contributed by atoms with van der Waals surface area (Å²) in [7, 11) is 0. The Morgan fingerprint density at radius 1 is 1.24 bits per heavy atom. The largest absolute Gasteiger partial charge is 0.486 e. The van der Waals surface area contributed by atoms with Crippen LogP contribution in [0.25, 0.3) is 4.85 Å². The molecule has 0 fully saturated rings. The molecule has 7 nitrogen and oxygen atoms in total. The molecular formula is C22H22N2O5. The van der Waals surface area contributed by atoms with Crippen molar-refractivity contribution in [3.63, 3.8) is 0 Å². The topological polar surface area (TPSA) is 89.2 Å². The minimum Gasteiger partial charge on any atom is -0.486 e. The first kappa shape index (κ1) is 20.2. The highest BCUT2D eigenvalue weighted by atomic mass is 16.6. The first-order chi connectivity index (χ1) is 14.0. The highest BCUT2D eigenvalue weighted by Gasteiger charge is 2.24. The minimum atomic E-state index is -0.863. The minimum absolute atomic E-state index is 0.0435. The Labute approximate surface area is 169 Å². The van der Waals surface area contributed by atoms with Gasteiger partial charge in [0.2, 0.25) is 5.91 Å². The maximum Gasteiger partial charge on any atom is 0.303 e. The summed E-state index contributed by atoms with van der Waals surface area (Å²) in [4.78, 5) is 27.2. The second-order valence-electron chi connectivity index (χ2n) is 6.78. The number of aliphatic carboxylic acids is 1. The molecular weight excluding hydrogens is 372 g/mol. The van der Waals surface area contributed by atoms with E-state index in [0.717, 1.165) is 11.1 Å². The Morgan fingerprint density at radius 2 is 2.03 bits per heavy atom. The van der Waals surface area contributed by atoms with Crippen LogP contribution in [0.4, 0.5) is 11.4 Å². The Bertz CT molecular complexity index is 964. The van der Waals surface area contributed by atoms with Crippen molar-refractivity contribution >= 4 is 23.3 Å². The molecule has 7 heteroatoms. The number of carbonyl (C=O) groups is 2. The summed E-state index contributed by atoms with van der Waals surface area (Å²) >= 11 is 0. The van der Waals surface area contributed by atoms with Crippen LogP contribution in [0.3, 0.4) is 0 Å². The van der Waals surface area contributed by atoms with E-state index in [-0.39, 0.29) is 12.3 Å². The number of amides is 1. The second-order valence-corrected chi connectivity index (χ2v) is 6.78. The number of nitrogens with one attached hydrogen (secondary N) is 1. The molecule has 1 amide bonds. The van der Waals surface area contributed by atoms with Crippen molar-refractivity contribution < 1.29 is 24.2 Å². The van der Waals surface area contributed by atoms with Crippen molar-refractivity contribution in [2.45, 2.75) is 32.1 Å². The van der Waals surface area contributed by atoms with Gasteiger partial charge in [0.15, 0.2) is 17.2 Å². The molecule has 1 atom stereocenters. The van der Waals surface area contributed by atoms with Crippen molar-refractivity contribution in [3.05, 3.63) is 58.9 Å². The number of ether oxygens (including phenoxy) is 2. The zero-order valence-electron chi connectivity index (χ0n) is 16.1. The molecule has 0 saturated carbocycles. The van der Waals surface area contributed by atoms with Crippen molar-refractivity contribution in [2.24, 2.45) is 0 Å². The van der Waals surface area contributed by atoms with Crippen LogP contribution in [-0.4, -0.2) is 30.2 Å². The Morgan fingerprint density at radius 3 is 2.79 bits per heavy atom. The molecule has 1 unspecified atom stereocenters. The smallest absolute Gasteiger partial charge is 0.303 e. The number of carboxylic acid groups (broad SMARTS) is 1. The van der Waals surface area contributed by atoms with Crippen LogP contribution in [-0.2, 0) is 16.0 Å². The third-order valence-corrected chi connectivity index (χ3v) is 4.77. The lowest BCUT2D eigenvalue weighted by molar-refractivity contribution is -0.137. The Balaban J connectivity index is 1.81. The number of hydrogen-bond donors (Lipinski definition) is 2. The standard InChI is InChI=1S/C22H22N2O5/c1-14(17-6-4-7-19-21(17)29-12-11-28-19)22(27)24-18-13-16(23-2)10-9-15(18)5-3-8-20(25)26/h4,6-7,9-10,13-14H,3,5,8,11-12H2,1H3,(H,24,27)(H,25,26). The van der Waals surface area contributed by atoms with Crippen LogP contribution in [0, 0.1) is 6.57 Å². The maximum absolute atomic E-state index is 13.0. The molecule has 29 heavy (non-hydrogen) atoms. The van der Waals surface area contributed by atoms with Gasteiger partial charge in [-0.3, -0.25) is 9.59 Å². The van der Waals surface area contributed by atoms with Gasteiger partial charge in [0.1, 0.15) is 13.2 Å². The molecule has 1 aliphatic heterocycles. The Hall–Kier alpha value is -3.53. The van der Waals surface area contributed by atoms with Gasteiger partial charge in [0.05, 0.1) is 12.5 Å². The van der Waals surface area contributed by atoms with Crippen molar-refractivity contribution in [2.75, 3.05) is 18.5 Å². The monoisotopic (exact) mass is 394 g/mol. The molecule has 0 aliphatic carbocycles. The van der Waals surface area contributed by atoms with Gasteiger partial charge < -0.3 is 19.9 Å². The molecule has 0 aromatic heterocycles. The lowest BCUT2D eigenvalue weighted by atomic mass is 9.97. The van der Waals surface area contributed by atoms with Crippen LogP contribution >= 0.6 is 0 Å². The van der Waals surface area contributed by atoms with Crippen LogP contribution in [0.15, 0.2) is 36.4 Å². The van der Waals surface area contributed by atoms with Gasteiger partial charge >= 0.3 is 5.97 Å². The van der Waals surface area contributed by atoms with Gasteiger partial charge in [-0.25, -0.2) is 4.85 Å². The molecule has 2 N–H and O–H groups in total. The van der Waals surface area contributed by atoms with Crippen LogP contribution in [0.1, 0.15) is 36.8 Å². The van der Waals surface area contributed by atoms with E-state index < -0.39 is 11.9 Å². The number of anilines is 1. The summed E-state index contributed by atoms with van der Waals surface area (Å²) < 4.78 is 11.3. The van der Waals surface area contributed by atoms with Gasteiger partial charge in [0.25, 0.3) is 0 Å². The van der Waals surface area contributed by atoms with Gasteiger partial charge in [0, 0.05) is 17.7 Å². The Kier molecular flexibility index (Phi) is 6.35. The summed E-state index contributed by atoms with van der Waals surface area (Å²) in [5, 5.41) is 11.8. The summed E-state index contributed by atoms with van der Waals surface area (Å²) in [6.45, 7) is 9.90. The summed E-state index contributed by atoms with van der Waals surface area (Å²) in [6, 6.07) is 10.5. The number of aryl methyl sites for hydroxylation is 1. The summed E-state index contributed by atoms with van der Waals surface area (Å²) in [6.07, 6.45) is 0.983. The number of carbonyl (C=O) groups excluding carboxylic acids is 1. The molecule has 1 heterocycles. The molecule has 3 rings (SSSR count). The summed E-state index contributed by atoms with van der Waals surface area (Å²) in [5.41, 5.74) is 2.47. The number of para-hydroxylation sites is 1. The van der Waals surface area contributed by atoms with E-state index in [2.05, 4.69) is 10.2 Å². The van der Waals surface area contributed by atoms with E-state index in [1.165, 1.54) is 0 Å². The van der Waals surface area contributed by atoms with Gasteiger partial charge in [-0.05, 0) is 37.5 Å². The van der Waals surface area contributed by atoms with E-state index >= 15 is 0 Å². The average molecular weight is 394 g/mol. The summed E-state index contributed by atoms with van der Waals surface area (Å²) in [5.74, 6) is -0.405. The molecule has 0 spiro atoms.